The van der Waals surface area contributed by atoms with Crippen LogP contribution in [-0.4, -0.2) is 22.6 Å². The first-order chi connectivity index (χ1) is 8.06. The minimum absolute atomic E-state index is 0.466. The first-order valence-electron chi connectivity index (χ1n) is 5.31. The van der Waals surface area contributed by atoms with Crippen molar-refractivity contribution in [2.45, 2.75) is 49.9 Å². The van der Waals surface area contributed by atoms with E-state index in [1.165, 1.54) is 0 Å². The second-order valence-corrected chi connectivity index (χ2v) is 4.58. The number of rotatable bonds is 5. The summed E-state index contributed by atoms with van der Waals surface area (Å²) in [4.78, 5) is 11.1. The zero-order chi connectivity index (χ0) is 12.7. The maximum absolute atomic E-state index is 13.0. The van der Waals surface area contributed by atoms with E-state index in [2.05, 4.69) is 9.37 Å². The Bertz CT molecular complexity index is 244. The molecule has 0 heterocycles. The normalized spacial score (nSPS) is 18.8. The van der Waals surface area contributed by atoms with Gasteiger partial charge in [0, 0.05) is 0 Å². The van der Waals surface area contributed by atoms with E-state index in [4.69, 9.17) is 9.99 Å². The standard InChI is InChI=1S/C9H14F2O5S/c10-9(11,17-16-15-13)8(12)14-7-5-3-1-2-4-6-7/h7,13H,1-6H2. The molecule has 0 aliphatic heterocycles. The fourth-order valence-electron chi connectivity index (χ4n) is 1.67. The molecule has 8 heteroatoms. The fraction of sp³-hybridized carbons (Fsp3) is 0.889. The lowest BCUT2D eigenvalue weighted by Crippen LogP contribution is -2.31. The highest BCUT2D eigenvalue weighted by Gasteiger charge is 2.45. The van der Waals surface area contributed by atoms with E-state index in [9.17, 15) is 13.6 Å². The van der Waals surface area contributed by atoms with E-state index in [1.54, 1.807) is 0 Å². The van der Waals surface area contributed by atoms with E-state index in [0.29, 0.717) is 12.8 Å². The second kappa shape index (κ2) is 7.10. The zero-order valence-corrected chi connectivity index (χ0v) is 9.88. The molecule has 0 aromatic heterocycles. The molecule has 0 unspecified atom stereocenters. The van der Waals surface area contributed by atoms with Crippen molar-refractivity contribution < 1.29 is 32.9 Å². The van der Waals surface area contributed by atoms with Crippen molar-refractivity contribution >= 4 is 18.0 Å². The zero-order valence-electron chi connectivity index (χ0n) is 9.06. The Hall–Kier alpha value is -0.440. The van der Waals surface area contributed by atoms with E-state index in [-0.39, 0.29) is 0 Å². The van der Waals surface area contributed by atoms with Crippen LogP contribution in [0.1, 0.15) is 38.5 Å². The van der Waals surface area contributed by atoms with Crippen molar-refractivity contribution in [2.24, 2.45) is 0 Å². The molecule has 0 bridgehead atoms. The number of halogens is 2. The van der Waals surface area contributed by atoms with Crippen LogP contribution in [0.2, 0.25) is 0 Å². The predicted molar refractivity (Wildman–Crippen MR) is 54.9 cm³/mol. The summed E-state index contributed by atoms with van der Waals surface area (Å²) in [6.07, 6.45) is 4.53. The lowest BCUT2D eigenvalue weighted by molar-refractivity contribution is -0.433. The SMILES string of the molecule is O=C(OC1CCCCCC1)C(F)(F)SOOO. The monoisotopic (exact) mass is 272 g/mol. The summed E-state index contributed by atoms with van der Waals surface area (Å²) in [6.45, 7) is 0. The number of carbonyl (C=O) groups is 1. The molecule has 0 amide bonds. The van der Waals surface area contributed by atoms with Crippen LogP contribution >= 0.6 is 12.0 Å². The van der Waals surface area contributed by atoms with Gasteiger partial charge in [-0.15, -0.1) is 4.33 Å². The van der Waals surface area contributed by atoms with Crippen LogP contribution in [0.15, 0.2) is 0 Å². The van der Waals surface area contributed by atoms with E-state index >= 15 is 0 Å². The molecule has 1 aliphatic rings. The number of ether oxygens (including phenoxy) is 1. The van der Waals surface area contributed by atoms with Crippen LogP contribution in [0, 0.1) is 0 Å². The number of alkyl halides is 2. The highest BCUT2D eigenvalue weighted by Crippen LogP contribution is 2.32. The number of hydrogen-bond acceptors (Lipinski definition) is 6. The van der Waals surface area contributed by atoms with Gasteiger partial charge < -0.3 is 4.74 Å². The molecule has 0 radical (unpaired) electrons. The highest BCUT2D eigenvalue weighted by molar-refractivity contribution is 7.96. The molecular weight excluding hydrogens is 258 g/mol. The van der Waals surface area contributed by atoms with Crippen molar-refractivity contribution in [3.05, 3.63) is 0 Å². The van der Waals surface area contributed by atoms with Crippen LogP contribution in [0.25, 0.3) is 0 Å². The maximum atomic E-state index is 13.0. The van der Waals surface area contributed by atoms with Gasteiger partial charge in [0.25, 0.3) is 0 Å². The molecule has 0 aromatic rings. The summed E-state index contributed by atoms with van der Waals surface area (Å²) >= 11 is -0.599. The van der Waals surface area contributed by atoms with E-state index in [0.717, 1.165) is 25.7 Å². The summed E-state index contributed by atoms with van der Waals surface area (Å²) < 4.78 is 34.3. The van der Waals surface area contributed by atoms with Crippen molar-refractivity contribution in [1.29, 1.82) is 0 Å². The van der Waals surface area contributed by atoms with Gasteiger partial charge in [0.15, 0.2) is 0 Å². The van der Waals surface area contributed by atoms with Crippen LogP contribution in [-0.2, 0) is 18.9 Å². The molecule has 5 nitrogen and oxygen atoms in total. The Balaban J connectivity index is 2.40. The van der Waals surface area contributed by atoms with Gasteiger partial charge in [0.05, 0.1) is 0 Å². The number of esters is 1. The Morgan fingerprint density at radius 1 is 1.24 bits per heavy atom. The van der Waals surface area contributed by atoms with Gasteiger partial charge in [-0.1, -0.05) is 17.9 Å². The Kier molecular flexibility index (Phi) is 6.10. The summed E-state index contributed by atoms with van der Waals surface area (Å²) in [5, 5.41) is 6.86. The van der Waals surface area contributed by atoms with Gasteiger partial charge in [-0.25, -0.2) is 10.1 Å². The molecule has 1 fully saturated rings. The molecule has 1 saturated carbocycles. The van der Waals surface area contributed by atoms with Crippen molar-refractivity contribution in [2.75, 3.05) is 0 Å². The first kappa shape index (κ1) is 14.6. The second-order valence-electron chi connectivity index (χ2n) is 3.76. The van der Waals surface area contributed by atoms with Crippen LogP contribution in [0.4, 0.5) is 8.78 Å². The molecule has 0 aromatic carbocycles. The fourth-order valence-corrected chi connectivity index (χ4v) is 1.90. The molecular formula is C9H14F2O5S. The Morgan fingerprint density at radius 3 is 2.35 bits per heavy atom. The van der Waals surface area contributed by atoms with Gasteiger partial charge in [0.2, 0.25) is 0 Å². The summed E-state index contributed by atoms with van der Waals surface area (Å²) in [6, 6.07) is 0. The van der Waals surface area contributed by atoms with Gasteiger partial charge >= 0.3 is 11.2 Å². The van der Waals surface area contributed by atoms with Crippen LogP contribution < -0.4 is 0 Å². The Labute approximate surface area is 101 Å². The quantitative estimate of drug-likeness (QED) is 0.273. The van der Waals surface area contributed by atoms with Gasteiger partial charge in [-0.3, -0.25) is 0 Å². The van der Waals surface area contributed by atoms with Crippen molar-refractivity contribution in [3.63, 3.8) is 0 Å². The minimum atomic E-state index is -3.89. The van der Waals surface area contributed by atoms with E-state index in [1.807, 2.05) is 0 Å². The van der Waals surface area contributed by atoms with E-state index < -0.39 is 29.4 Å². The first-order valence-corrected chi connectivity index (χ1v) is 6.05. The predicted octanol–water partition coefficient (Wildman–Crippen LogP) is 2.91. The molecule has 0 atom stereocenters. The number of carbonyl (C=O) groups excluding carboxylic acids is 1. The third-order valence-corrected chi connectivity index (χ3v) is 2.99. The number of hydrogen-bond donors (Lipinski definition) is 1. The smallest absolute Gasteiger partial charge is 0.415 e. The van der Waals surface area contributed by atoms with Gasteiger partial charge in [-0.05, 0) is 25.7 Å². The summed E-state index contributed by atoms with van der Waals surface area (Å²) in [5.41, 5.74) is 0. The van der Waals surface area contributed by atoms with Gasteiger partial charge in [-0.2, -0.15) is 8.78 Å². The van der Waals surface area contributed by atoms with Crippen LogP contribution in [0.5, 0.6) is 0 Å². The molecule has 1 rings (SSSR count). The average molecular weight is 272 g/mol. The third-order valence-electron chi connectivity index (χ3n) is 2.48. The minimum Gasteiger partial charge on any atom is -0.457 e. The summed E-state index contributed by atoms with van der Waals surface area (Å²) in [5.74, 6) is -1.67. The highest BCUT2D eigenvalue weighted by atomic mass is 32.2. The van der Waals surface area contributed by atoms with Gasteiger partial charge in [0.1, 0.15) is 18.1 Å². The molecule has 0 saturated heterocycles. The maximum Gasteiger partial charge on any atom is 0.415 e. The molecule has 17 heavy (non-hydrogen) atoms. The topological polar surface area (TPSA) is 65.0 Å². The molecule has 1 N–H and O–H groups in total. The van der Waals surface area contributed by atoms with Crippen LogP contribution in [0.3, 0.4) is 0 Å². The average Bonchev–Trinajstić information content (AvgIpc) is 2.55. The Morgan fingerprint density at radius 2 is 1.82 bits per heavy atom. The molecule has 0 spiro atoms. The summed E-state index contributed by atoms with van der Waals surface area (Å²) in [7, 11) is 0. The molecule has 100 valence electrons. The lowest BCUT2D eigenvalue weighted by atomic mass is 10.1. The van der Waals surface area contributed by atoms with Crippen molar-refractivity contribution in [1.82, 2.24) is 0 Å². The lowest BCUT2D eigenvalue weighted by Gasteiger charge is -2.18. The molecule has 1 aliphatic carbocycles. The third kappa shape index (κ3) is 5.15. The van der Waals surface area contributed by atoms with Crippen molar-refractivity contribution in [3.8, 4) is 0 Å². The largest absolute Gasteiger partial charge is 0.457 e.